The van der Waals surface area contributed by atoms with Crippen molar-refractivity contribution < 1.29 is 18.3 Å². The van der Waals surface area contributed by atoms with Crippen molar-refractivity contribution in [2.24, 2.45) is 5.10 Å². The zero-order chi connectivity index (χ0) is 20.9. The molecule has 0 spiro atoms. The zero-order valence-corrected chi connectivity index (χ0v) is 17.0. The van der Waals surface area contributed by atoms with Gasteiger partial charge in [-0.1, -0.05) is 29.8 Å². The van der Waals surface area contributed by atoms with E-state index in [2.05, 4.69) is 10.5 Å². The average Bonchev–Trinajstić information content (AvgIpc) is 2.69. The number of rotatable bonds is 6. The van der Waals surface area contributed by atoms with Gasteiger partial charge in [0.25, 0.3) is 5.91 Å². The van der Waals surface area contributed by atoms with Gasteiger partial charge in [0, 0.05) is 26.2 Å². The van der Waals surface area contributed by atoms with Crippen LogP contribution in [0.1, 0.15) is 11.1 Å². The zero-order valence-electron chi connectivity index (χ0n) is 16.2. The molecule has 0 radical (unpaired) electrons. The molecule has 1 aliphatic heterocycles. The van der Waals surface area contributed by atoms with Crippen LogP contribution < -0.4 is 5.43 Å². The first-order valence-corrected chi connectivity index (χ1v) is 10.7. The van der Waals surface area contributed by atoms with Crippen LogP contribution in [0.4, 0.5) is 0 Å². The van der Waals surface area contributed by atoms with Crippen LogP contribution >= 0.6 is 0 Å². The molecule has 1 aliphatic rings. The van der Waals surface area contributed by atoms with Crippen molar-refractivity contribution in [2.45, 2.75) is 11.8 Å². The lowest BCUT2D eigenvalue weighted by Gasteiger charge is -2.33. The Hall–Kier alpha value is -2.75. The monoisotopic (exact) mass is 416 g/mol. The van der Waals surface area contributed by atoms with Gasteiger partial charge in [0.2, 0.25) is 10.0 Å². The van der Waals surface area contributed by atoms with Gasteiger partial charge in [-0.3, -0.25) is 9.69 Å². The summed E-state index contributed by atoms with van der Waals surface area (Å²) >= 11 is 0. The van der Waals surface area contributed by atoms with Crippen LogP contribution in [0.5, 0.6) is 5.75 Å². The second kappa shape index (κ2) is 9.17. The molecule has 1 amide bonds. The Labute approximate surface area is 170 Å². The van der Waals surface area contributed by atoms with Crippen molar-refractivity contribution in [3.05, 3.63) is 59.7 Å². The third-order valence-electron chi connectivity index (χ3n) is 4.63. The summed E-state index contributed by atoms with van der Waals surface area (Å²) in [5, 5.41) is 13.3. The summed E-state index contributed by atoms with van der Waals surface area (Å²) in [5.74, 6) is -0.157. The molecule has 2 aromatic carbocycles. The summed E-state index contributed by atoms with van der Waals surface area (Å²) in [6.45, 7) is 3.64. The normalized spacial score (nSPS) is 16.2. The highest BCUT2D eigenvalue weighted by molar-refractivity contribution is 7.89. The largest absolute Gasteiger partial charge is 0.508 e. The minimum Gasteiger partial charge on any atom is -0.508 e. The summed E-state index contributed by atoms with van der Waals surface area (Å²) in [5.41, 5.74) is 4.12. The topological polar surface area (TPSA) is 102 Å². The molecule has 2 aromatic rings. The van der Waals surface area contributed by atoms with Gasteiger partial charge in [-0.15, -0.1) is 0 Å². The van der Waals surface area contributed by atoms with Gasteiger partial charge < -0.3 is 5.11 Å². The molecule has 0 bridgehead atoms. The lowest BCUT2D eigenvalue weighted by atomic mass is 10.2. The number of carbonyl (C=O) groups excluding carboxylic acids is 1. The van der Waals surface area contributed by atoms with E-state index in [0.717, 1.165) is 5.56 Å². The number of phenolic OH excluding ortho intramolecular Hbond substituents is 1. The van der Waals surface area contributed by atoms with E-state index in [0.29, 0.717) is 31.7 Å². The van der Waals surface area contributed by atoms with Crippen LogP contribution in [0.2, 0.25) is 0 Å². The Morgan fingerprint density at radius 1 is 1.14 bits per heavy atom. The first-order chi connectivity index (χ1) is 13.8. The van der Waals surface area contributed by atoms with Gasteiger partial charge in [-0.2, -0.15) is 9.41 Å². The van der Waals surface area contributed by atoms with Crippen molar-refractivity contribution in [1.82, 2.24) is 14.6 Å². The maximum absolute atomic E-state index is 12.7. The van der Waals surface area contributed by atoms with Crippen molar-refractivity contribution in [1.29, 1.82) is 0 Å². The summed E-state index contributed by atoms with van der Waals surface area (Å²) in [6.07, 6.45) is 1.45. The van der Waals surface area contributed by atoms with E-state index in [1.54, 1.807) is 42.5 Å². The van der Waals surface area contributed by atoms with E-state index in [1.165, 1.54) is 16.6 Å². The number of benzene rings is 2. The number of piperazine rings is 1. The number of amides is 1. The fourth-order valence-electron chi connectivity index (χ4n) is 3.01. The molecule has 154 valence electrons. The molecular formula is C20H24N4O4S. The number of hydrogen-bond acceptors (Lipinski definition) is 6. The van der Waals surface area contributed by atoms with Gasteiger partial charge in [-0.25, -0.2) is 13.8 Å². The third-order valence-corrected chi connectivity index (χ3v) is 6.54. The predicted molar refractivity (Wildman–Crippen MR) is 110 cm³/mol. The first-order valence-electron chi connectivity index (χ1n) is 9.25. The molecule has 1 heterocycles. The Morgan fingerprint density at radius 3 is 2.48 bits per heavy atom. The minimum absolute atomic E-state index is 0.124. The summed E-state index contributed by atoms with van der Waals surface area (Å²) in [6, 6.07) is 13.3. The molecule has 0 unspecified atom stereocenters. The number of nitrogens with one attached hydrogen (secondary N) is 1. The number of carbonyl (C=O) groups is 1. The van der Waals surface area contributed by atoms with Crippen molar-refractivity contribution in [3.8, 4) is 5.75 Å². The maximum atomic E-state index is 12.7. The van der Waals surface area contributed by atoms with Crippen molar-refractivity contribution in [3.63, 3.8) is 0 Å². The Bertz CT molecular complexity index is 982. The number of phenols is 1. The quantitative estimate of drug-likeness (QED) is 0.543. The fraction of sp³-hybridized carbons (Fsp3) is 0.300. The first kappa shape index (κ1) is 21.0. The molecule has 0 atom stereocenters. The number of aromatic hydroxyl groups is 1. The highest BCUT2D eigenvalue weighted by Crippen LogP contribution is 2.18. The minimum atomic E-state index is -3.52. The second-order valence-corrected chi connectivity index (χ2v) is 8.82. The SMILES string of the molecule is Cc1ccc(S(=O)(=O)N2CCN(CC(=O)N/N=C/c3cccc(O)c3)CC2)cc1. The van der Waals surface area contributed by atoms with E-state index >= 15 is 0 Å². The molecule has 0 aliphatic carbocycles. The van der Waals surface area contributed by atoms with Crippen molar-refractivity contribution in [2.75, 3.05) is 32.7 Å². The lowest BCUT2D eigenvalue weighted by Crippen LogP contribution is -2.50. The highest BCUT2D eigenvalue weighted by Gasteiger charge is 2.28. The third kappa shape index (κ3) is 5.63. The second-order valence-electron chi connectivity index (χ2n) is 6.88. The lowest BCUT2D eigenvalue weighted by molar-refractivity contribution is -0.122. The molecule has 9 heteroatoms. The maximum Gasteiger partial charge on any atom is 0.254 e. The van der Waals surface area contributed by atoms with Crippen LogP contribution in [0, 0.1) is 6.92 Å². The number of nitrogens with zero attached hydrogens (tertiary/aromatic N) is 3. The van der Waals surface area contributed by atoms with Crippen molar-refractivity contribution >= 4 is 22.1 Å². The van der Waals surface area contributed by atoms with E-state index in [9.17, 15) is 18.3 Å². The Kier molecular flexibility index (Phi) is 6.63. The molecule has 0 aromatic heterocycles. The smallest absolute Gasteiger partial charge is 0.254 e. The van der Waals surface area contributed by atoms with E-state index in [4.69, 9.17) is 0 Å². The van der Waals surface area contributed by atoms with Gasteiger partial charge in [0.05, 0.1) is 17.7 Å². The fourth-order valence-corrected chi connectivity index (χ4v) is 4.43. The van der Waals surface area contributed by atoms with Crippen LogP contribution in [-0.4, -0.2) is 67.6 Å². The number of hydrazone groups is 1. The van der Waals surface area contributed by atoms with Gasteiger partial charge in [0.1, 0.15) is 5.75 Å². The van der Waals surface area contributed by atoms with Gasteiger partial charge >= 0.3 is 0 Å². The van der Waals surface area contributed by atoms with Gasteiger partial charge in [0.15, 0.2) is 0 Å². The Morgan fingerprint density at radius 2 is 1.83 bits per heavy atom. The van der Waals surface area contributed by atoms with Gasteiger partial charge in [-0.05, 0) is 36.8 Å². The van der Waals surface area contributed by atoms with E-state index < -0.39 is 10.0 Å². The Balaban J connectivity index is 1.48. The molecule has 29 heavy (non-hydrogen) atoms. The summed E-state index contributed by atoms with van der Waals surface area (Å²) < 4.78 is 26.9. The molecular weight excluding hydrogens is 392 g/mol. The van der Waals surface area contributed by atoms with Crippen LogP contribution in [0.3, 0.4) is 0 Å². The molecule has 8 nitrogen and oxygen atoms in total. The van der Waals surface area contributed by atoms with E-state index in [-0.39, 0.29) is 23.1 Å². The summed E-state index contributed by atoms with van der Waals surface area (Å²) in [4.78, 5) is 14.2. The van der Waals surface area contributed by atoms with Crippen LogP contribution in [0.25, 0.3) is 0 Å². The van der Waals surface area contributed by atoms with E-state index in [1.807, 2.05) is 11.8 Å². The standard InChI is InChI=1S/C20H24N4O4S/c1-16-5-7-19(8-6-16)29(27,28)24-11-9-23(10-12-24)15-20(26)22-21-14-17-3-2-4-18(25)13-17/h2-8,13-14,25H,9-12,15H2,1H3,(H,22,26)/b21-14+. The number of hydrogen-bond donors (Lipinski definition) is 2. The molecule has 1 fully saturated rings. The summed E-state index contributed by atoms with van der Waals surface area (Å²) in [7, 11) is -3.52. The average molecular weight is 417 g/mol. The number of aryl methyl sites for hydroxylation is 1. The molecule has 2 N–H and O–H groups in total. The van der Waals surface area contributed by atoms with Crippen LogP contribution in [0.15, 0.2) is 58.5 Å². The molecule has 0 saturated carbocycles. The molecule has 3 rings (SSSR count). The number of sulfonamides is 1. The molecule has 1 saturated heterocycles. The van der Waals surface area contributed by atoms with Crippen LogP contribution in [-0.2, 0) is 14.8 Å². The predicted octanol–water partition coefficient (Wildman–Crippen LogP) is 1.16. The highest BCUT2D eigenvalue weighted by atomic mass is 32.2.